The molecule has 1 atom stereocenters. The van der Waals surface area contributed by atoms with Crippen molar-refractivity contribution in [2.75, 3.05) is 0 Å². The van der Waals surface area contributed by atoms with Gasteiger partial charge in [0.05, 0.1) is 0 Å². The second-order valence-corrected chi connectivity index (χ2v) is 7.43. The predicted molar refractivity (Wildman–Crippen MR) is 103 cm³/mol. The number of carbonyl (C=O) groups excluding carboxylic acids is 2. The number of aromatic nitrogens is 2. The molecule has 10 heteroatoms. The second-order valence-electron chi connectivity index (χ2n) is 6.59. The number of imide groups is 1. The summed E-state index contributed by atoms with van der Waals surface area (Å²) in [5.74, 6) is -0.639. The van der Waals surface area contributed by atoms with Crippen molar-refractivity contribution in [1.82, 2.24) is 20.4 Å². The van der Waals surface area contributed by atoms with Gasteiger partial charge in [-0.05, 0) is 43.3 Å². The van der Waals surface area contributed by atoms with Crippen LogP contribution < -0.4 is 5.32 Å². The van der Waals surface area contributed by atoms with Crippen molar-refractivity contribution in [3.8, 4) is 11.4 Å². The fourth-order valence-corrected chi connectivity index (χ4v) is 3.69. The molecule has 0 spiro atoms. The summed E-state index contributed by atoms with van der Waals surface area (Å²) >= 11 is 12.1. The number of hydrogen-bond acceptors (Lipinski definition) is 5. The Labute approximate surface area is 174 Å². The van der Waals surface area contributed by atoms with E-state index in [1.807, 2.05) is 0 Å². The smallest absolute Gasteiger partial charge is 0.325 e. The molecule has 2 aromatic carbocycles. The molecule has 1 aliphatic heterocycles. The maximum Gasteiger partial charge on any atom is 0.325 e. The Morgan fingerprint density at radius 1 is 1.17 bits per heavy atom. The van der Waals surface area contributed by atoms with Crippen molar-refractivity contribution in [2.45, 2.75) is 19.0 Å². The number of halogens is 3. The van der Waals surface area contributed by atoms with Crippen molar-refractivity contribution in [3.05, 3.63) is 69.8 Å². The zero-order valence-electron chi connectivity index (χ0n) is 14.9. The van der Waals surface area contributed by atoms with E-state index in [-0.39, 0.29) is 23.3 Å². The van der Waals surface area contributed by atoms with Gasteiger partial charge < -0.3 is 9.84 Å². The summed E-state index contributed by atoms with van der Waals surface area (Å²) < 4.78 is 18.2. The number of carbonyl (C=O) groups is 2. The summed E-state index contributed by atoms with van der Waals surface area (Å²) in [5, 5.41) is 7.13. The van der Waals surface area contributed by atoms with E-state index in [0.717, 1.165) is 4.90 Å². The van der Waals surface area contributed by atoms with E-state index in [2.05, 4.69) is 15.5 Å². The number of urea groups is 1. The molecular formula is C19H13Cl2FN4O3. The molecule has 1 aromatic heterocycles. The summed E-state index contributed by atoms with van der Waals surface area (Å²) in [6.45, 7) is 1.33. The number of hydrogen-bond donors (Lipinski definition) is 1. The van der Waals surface area contributed by atoms with E-state index in [1.165, 1.54) is 30.3 Å². The molecule has 29 heavy (non-hydrogen) atoms. The van der Waals surface area contributed by atoms with Crippen molar-refractivity contribution >= 4 is 35.1 Å². The van der Waals surface area contributed by atoms with Crippen LogP contribution in [-0.2, 0) is 16.9 Å². The van der Waals surface area contributed by atoms with Crippen LogP contribution in [0.5, 0.6) is 0 Å². The number of benzene rings is 2. The Kier molecular flexibility index (Phi) is 4.76. The predicted octanol–water partition coefficient (Wildman–Crippen LogP) is 4.15. The summed E-state index contributed by atoms with van der Waals surface area (Å²) in [7, 11) is 0. The molecule has 2 heterocycles. The molecule has 3 aromatic rings. The molecule has 1 aliphatic rings. The molecule has 148 valence electrons. The molecule has 7 nitrogen and oxygen atoms in total. The Hall–Kier alpha value is -2.97. The summed E-state index contributed by atoms with van der Waals surface area (Å²) in [4.78, 5) is 30.6. The van der Waals surface area contributed by atoms with Gasteiger partial charge in [0.25, 0.3) is 5.91 Å². The maximum atomic E-state index is 13.1. The van der Waals surface area contributed by atoms with Crippen LogP contribution in [-0.4, -0.2) is 27.0 Å². The molecule has 1 N–H and O–H groups in total. The largest absolute Gasteiger partial charge is 0.337 e. The summed E-state index contributed by atoms with van der Waals surface area (Å²) in [6, 6.07) is 9.58. The van der Waals surface area contributed by atoms with Crippen LogP contribution in [0.15, 0.2) is 47.0 Å². The van der Waals surface area contributed by atoms with Gasteiger partial charge >= 0.3 is 6.03 Å². The van der Waals surface area contributed by atoms with Gasteiger partial charge in [-0.2, -0.15) is 4.98 Å². The van der Waals surface area contributed by atoms with Gasteiger partial charge in [-0.3, -0.25) is 9.69 Å². The Bertz CT molecular complexity index is 1120. The SMILES string of the molecule is CC1(c2ccc(Cl)cc2Cl)NC(=O)N(Cc2nc(-c3ccc(F)cc3)no2)C1=O. The average Bonchev–Trinajstić information content (AvgIpc) is 3.21. The van der Waals surface area contributed by atoms with Crippen molar-refractivity contribution in [3.63, 3.8) is 0 Å². The molecule has 3 amide bonds. The fraction of sp³-hybridized carbons (Fsp3) is 0.158. The minimum Gasteiger partial charge on any atom is -0.337 e. The van der Waals surface area contributed by atoms with Crippen molar-refractivity contribution < 1.29 is 18.5 Å². The van der Waals surface area contributed by atoms with Gasteiger partial charge in [0.15, 0.2) is 0 Å². The van der Waals surface area contributed by atoms with Crippen LogP contribution in [0.3, 0.4) is 0 Å². The number of nitrogens with zero attached hydrogens (tertiary/aromatic N) is 3. The first kappa shape index (κ1) is 19.4. The van der Waals surface area contributed by atoms with Crippen molar-refractivity contribution in [2.24, 2.45) is 0 Å². The third-order valence-corrected chi connectivity index (χ3v) is 5.16. The molecule has 1 saturated heterocycles. The number of rotatable bonds is 4. The molecule has 1 fully saturated rings. The Morgan fingerprint density at radius 2 is 1.90 bits per heavy atom. The lowest BCUT2D eigenvalue weighted by Crippen LogP contribution is -2.41. The fourth-order valence-electron chi connectivity index (χ4n) is 3.09. The van der Waals surface area contributed by atoms with E-state index in [4.69, 9.17) is 27.7 Å². The van der Waals surface area contributed by atoms with Crippen LogP contribution >= 0.6 is 23.2 Å². The number of amides is 3. The number of nitrogens with one attached hydrogen (secondary N) is 1. The highest BCUT2D eigenvalue weighted by Gasteiger charge is 2.50. The van der Waals surface area contributed by atoms with Crippen LogP contribution in [0.1, 0.15) is 18.4 Å². The highest BCUT2D eigenvalue weighted by Crippen LogP contribution is 2.35. The zero-order chi connectivity index (χ0) is 20.8. The Balaban J connectivity index is 1.58. The Morgan fingerprint density at radius 3 is 2.59 bits per heavy atom. The molecule has 4 rings (SSSR count). The van der Waals surface area contributed by atoms with E-state index >= 15 is 0 Å². The highest BCUT2D eigenvalue weighted by atomic mass is 35.5. The zero-order valence-corrected chi connectivity index (χ0v) is 16.5. The van der Waals surface area contributed by atoms with Gasteiger partial charge in [-0.1, -0.05) is 34.4 Å². The lowest BCUT2D eigenvalue weighted by atomic mass is 9.92. The molecule has 0 radical (unpaired) electrons. The third kappa shape index (κ3) is 3.45. The van der Waals surface area contributed by atoms with Crippen LogP contribution in [0.25, 0.3) is 11.4 Å². The van der Waals surface area contributed by atoms with Crippen molar-refractivity contribution in [1.29, 1.82) is 0 Å². The van der Waals surface area contributed by atoms with Gasteiger partial charge in [-0.15, -0.1) is 0 Å². The van der Waals surface area contributed by atoms with Gasteiger partial charge in [0, 0.05) is 21.2 Å². The average molecular weight is 435 g/mol. The first-order valence-corrected chi connectivity index (χ1v) is 9.22. The minimum atomic E-state index is -1.36. The normalized spacial score (nSPS) is 19.0. The van der Waals surface area contributed by atoms with E-state index in [0.29, 0.717) is 16.1 Å². The topological polar surface area (TPSA) is 88.3 Å². The quantitative estimate of drug-likeness (QED) is 0.623. The third-order valence-electron chi connectivity index (χ3n) is 4.61. The molecule has 0 bridgehead atoms. The molecule has 0 aliphatic carbocycles. The van der Waals surface area contributed by atoms with E-state index in [1.54, 1.807) is 19.1 Å². The van der Waals surface area contributed by atoms with Crippen LogP contribution in [0.2, 0.25) is 10.0 Å². The van der Waals surface area contributed by atoms with E-state index < -0.39 is 23.3 Å². The van der Waals surface area contributed by atoms with Crippen LogP contribution in [0.4, 0.5) is 9.18 Å². The highest BCUT2D eigenvalue weighted by molar-refractivity contribution is 6.35. The molecule has 0 saturated carbocycles. The van der Waals surface area contributed by atoms with E-state index in [9.17, 15) is 14.0 Å². The van der Waals surface area contributed by atoms with Gasteiger partial charge in [0.2, 0.25) is 11.7 Å². The monoisotopic (exact) mass is 434 g/mol. The second kappa shape index (κ2) is 7.13. The first-order chi connectivity index (χ1) is 13.8. The lowest BCUT2D eigenvalue weighted by molar-refractivity contribution is -0.131. The van der Waals surface area contributed by atoms with Gasteiger partial charge in [0.1, 0.15) is 17.9 Å². The molecule has 1 unspecified atom stereocenters. The van der Waals surface area contributed by atoms with Gasteiger partial charge in [-0.25, -0.2) is 9.18 Å². The molecular weight excluding hydrogens is 422 g/mol. The van der Waals surface area contributed by atoms with Crippen LogP contribution in [0, 0.1) is 5.82 Å². The first-order valence-electron chi connectivity index (χ1n) is 8.46. The summed E-state index contributed by atoms with van der Waals surface area (Å²) in [5.41, 5.74) is -0.406. The minimum absolute atomic E-state index is 0.0549. The lowest BCUT2D eigenvalue weighted by Gasteiger charge is -2.23. The maximum absolute atomic E-state index is 13.1. The summed E-state index contributed by atoms with van der Waals surface area (Å²) in [6.07, 6.45) is 0. The standard InChI is InChI=1S/C19H13Cl2FN4O3/c1-19(13-7-4-11(20)8-14(13)21)17(27)26(18(28)24-19)9-15-23-16(25-29-15)10-2-5-12(22)6-3-10/h2-8H,9H2,1H3,(H,24,28).